The zero-order valence-corrected chi connectivity index (χ0v) is 22.1. The van der Waals surface area contributed by atoms with Crippen molar-refractivity contribution in [1.29, 1.82) is 0 Å². The van der Waals surface area contributed by atoms with Gasteiger partial charge in [-0.05, 0) is 72.0 Å². The molecule has 1 saturated heterocycles. The number of benzene rings is 2. The third kappa shape index (κ3) is 6.81. The van der Waals surface area contributed by atoms with Crippen LogP contribution in [-0.2, 0) is 4.74 Å². The van der Waals surface area contributed by atoms with E-state index in [9.17, 15) is 8.78 Å². The number of furan rings is 1. The Balaban J connectivity index is 1.30. The van der Waals surface area contributed by atoms with Crippen molar-refractivity contribution in [2.24, 2.45) is 10.2 Å². The van der Waals surface area contributed by atoms with Gasteiger partial charge in [0, 0.05) is 34.3 Å². The van der Waals surface area contributed by atoms with Gasteiger partial charge >= 0.3 is 0 Å². The molecule has 1 fully saturated rings. The number of alkyl halides is 2. The van der Waals surface area contributed by atoms with Crippen LogP contribution in [0.15, 0.2) is 97.0 Å². The smallest absolute Gasteiger partial charge is 0.288 e. The summed E-state index contributed by atoms with van der Waals surface area (Å²) >= 11 is 6.58. The van der Waals surface area contributed by atoms with Gasteiger partial charge in [0.05, 0.1) is 25.6 Å². The number of allylic oxidation sites excluding steroid dienone is 2. The van der Waals surface area contributed by atoms with E-state index in [1.54, 1.807) is 36.5 Å². The summed E-state index contributed by atoms with van der Waals surface area (Å²) in [5.74, 6) is -1.25. The van der Waals surface area contributed by atoms with E-state index in [-0.39, 0.29) is 0 Å². The quantitative estimate of drug-likeness (QED) is 0.162. The molecule has 38 heavy (non-hydrogen) atoms. The van der Waals surface area contributed by atoms with Gasteiger partial charge in [0.25, 0.3) is 5.76 Å². The molecule has 2 aliphatic rings. The van der Waals surface area contributed by atoms with Crippen molar-refractivity contribution in [3.8, 4) is 11.3 Å². The summed E-state index contributed by atoms with van der Waals surface area (Å²) < 4.78 is 36.5. The Morgan fingerprint density at radius 3 is 2.37 bits per heavy atom. The molecule has 1 aliphatic carbocycles. The first kappa shape index (κ1) is 26.4. The number of ether oxygens (including phenoxy) is 1. The maximum Gasteiger partial charge on any atom is 0.288 e. The molecule has 196 valence electrons. The van der Waals surface area contributed by atoms with E-state index >= 15 is 0 Å². The summed E-state index contributed by atoms with van der Waals surface area (Å²) in [7, 11) is 0. The van der Waals surface area contributed by atoms with E-state index in [0.29, 0.717) is 41.4 Å². The summed E-state index contributed by atoms with van der Waals surface area (Å²) in [4.78, 5) is 2.88. The van der Waals surface area contributed by atoms with E-state index < -0.39 is 5.76 Å². The Labute approximate surface area is 229 Å². The van der Waals surface area contributed by atoms with Gasteiger partial charge in [0.2, 0.25) is 0 Å². The van der Waals surface area contributed by atoms with Gasteiger partial charge in [-0.15, -0.1) is 0 Å². The third-order valence-corrected chi connectivity index (χ3v) is 7.24. The van der Waals surface area contributed by atoms with Crippen molar-refractivity contribution < 1.29 is 17.9 Å². The third-order valence-electron chi connectivity index (χ3n) is 6.27. The second-order valence-corrected chi connectivity index (χ2v) is 10.3. The molecule has 0 radical (unpaired) electrons. The van der Waals surface area contributed by atoms with Crippen LogP contribution in [0.1, 0.15) is 24.2 Å². The number of hydrogen-bond acceptors (Lipinski definition) is 6. The molecule has 0 amide bonds. The maximum atomic E-state index is 12.5. The first-order valence-electron chi connectivity index (χ1n) is 12.3. The molecular formula is C29H26ClF2N3O2S. The summed E-state index contributed by atoms with van der Waals surface area (Å²) in [5, 5.41) is 9.25. The average molecular weight is 554 g/mol. The summed E-state index contributed by atoms with van der Waals surface area (Å²) in [6.45, 7) is 3.08. The second kappa shape index (κ2) is 12.6. The van der Waals surface area contributed by atoms with Crippen LogP contribution in [0.5, 0.6) is 0 Å². The fourth-order valence-electron chi connectivity index (χ4n) is 4.50. The molecule has 1 aliphatic heterocycles. The lowest BCUT2D eigenvalue weighted by Crippen LogP contribution is -2.36. The lowest BCUT2D eigenvalue weighted by molar-refractivity contribution is 0.0548. The molecule has 2 aromatic carbocycles. The SMILES string of the molecule is FC(F)Sc1ccc(-c2ccc(C=NN=CC3=C(N4CCOCC4)C(=Cc4ccc(Cl)cc4)CC3)o2)cc1. The van der Waals surface area contributed by atoms with Crippen LogP contribution >= 0.6 is 23.4 Å². The minimum atomic E-state index is -2.44. The standard InChI is InChI=1S/C29H26ClF2N3O2S/c30-24-7-1-20(2-8-24)17-22-3-4-23(28(22)35-13-15-36-16-14-35)18-33-34-19-25-9-12-27(37-25)21-5-10-26(11-6-21)38-29(31)32/h1-2,5-12,17-19,29H,3-4,13-16H2. The van der Waals surface area contributed by atoms with Crippen LogP contribution in [0, 0.1) is 0 Å². The van der Waals surface area contributed by atoms with Crippen LogP contribution < -0.4 is 0 Å². The predicted molar refractivity (Wildman–Crippen MR) is 150 cm³/mol. The van der Waals surface area contributed by atoms with Crippen molar-refractivity contribution in [2.45, 2.75) is 23.5 Å². The highest BCUT2D eigenvalue weighted by atomic mass is 35.5. The van der Waals surface area contributed by atoms with Crippen molar-refractivity contribution in [3.05, 3.63) is 93.9 Å². The number of nitrogens with zero attached hydrogens (tertiary/aromatic N) is 3. The molecular weight excluding hydrogens is 528 g/mol. The Morgan fingerprint density at radius 1 is 0.895 bits per heavy atom. The first-order chi connectivity index (χ1) is 18.5. The second-order valence-electron chi connectivity index (χ2n) is 8.79. The van der Waals surface area contributed by atoms with Crippen LogP contribution in [0.25, 0.3) is 17.4 Å². The maximum absolute atomic E-state index is 12.5. The van der Waals surface area contributed by atoms with Crippen LogP contribution in [-0.4, -0.2) is 49.4 Å². The van der Waals surface area contributed by atoms with E-state index in [1.807, 2.05) is 36.5 Å². The van der Waals surface area contributed by atoms with Gasteiger partial charge in [-0.3, -0.25) is 0 Å². The molecule has 0 spiro atoms. The van der Waals surface area contributed by atoms with Crippen molar-refractivity contribution in [2.75, 3.05) is 26.3 Å². The lowest BCUT2D eigenvalue weighted by atomic mass is 10.1. The summed E-state index contributed by atoms with van der Waals surface area (Å²) in [6, 6.07) is 18.3. The van der Waals surface area contributed by atoms with E-state index in [0.717, 1.165) is 47.7 Å². The Bertz CT molecular complexity index is 1360. The summed E-state index contributed by atoms with van der Waals surface area (Å²) in [6.07, 6.45) is 7.42. The van der Waals surface area contributed by atoms with Crippen LogP contribution in [0.2, 0.25) is 5.02 Å². The zero-order chi connectivity index (χ0) is 26.3. The largest absolute Gasteiger partial charge is 0.455 e. The van der Waals surface area contributed by atoms with Gasteiger partial charge < -0.3 is 14.1 Å². The molecule has 0 unspecified atom stereocenters. The van der Waals surface area contributed by atoms with Gasteiger partial charge in [0.15, 0.2) is 0 Å². The minimum absolute atomic E-state index is 0.510. The molecule has 0 bridgehead atoms. The molecule has 1 aromatic heterocycles. The normalized spacial score (nSPS) is 17.7. The Kier molecular flexibility index (Phi) is 8.73. The van der Waals surface area contributed by atoms with E-state index in [4.69, 9.17) is 20.8 Å². The van der Waals surface area contributed by atoms with Crippen molar-refractivity contribution in [3.63, 3.8) is 0 Å². The highest BCUT2D eigenvalue weighted by Crippen LogP contribution is 2.35. The fourth-order valence-corrected chi connectivity index (χ4v) is 5.13. The number of morpholine rings is 1. The van der Waals surface area contributed by atoms with Gasteiger partial charge in [-0.1, -0.05) is 47.6 Å². The fraction of sp³-hybridized carbons (Fsp3) is 0.241. The Hall–Kier alpha value is -3.20. The average Bonchev–Trinajstić information content (AvgIpc) is 3.56. The predicted octanol–water partition coefficient (Wildman–Crippen LogP) is 7.78. The first-order valence-corrected chi connectivity index (χ1v) is 13.5. The highest BCUT2D eigenvalue weighted by molar-refractivity contribution is 7.99. The molecule has 9 heteroatoms. The number of halogens is 3. The lowest BCUT2D eigenvalue weighted by Gasteiger charge is -2.31. The minimum Gasteiger partial charge on any atom is -0.455 e. The van der Waals surface area contributed by atoms with Crippen LogP contribution in [0.3, 0.4) is 0 Å². The summed E-state index contributed by atoms with van der Waals surface area (Å²) in [5.41, 5.74) is 5.54. The van der Waals surface area contributed by atoms with Crippen molar-refractivity contribution >= 4 is 41.9 Å². The number of rotatable bonds is 8. The van der Waals surface area contributed by atoms with Gasteiger partial charge in [0.1, 0.15) is 11.5 Å². The molecule has 5 nitrogen and oxygen atoms in total. The molecule has 5 rings (SSSR count). The molecule has 2 heterocycles. The molecule has 0 saturated carbocycles. The van der Waals surface area contributed by atoms with E-state index in [2.05, 4.69) is 21.2 Å². The van der Waals surface area contributed by atoms with Gasteiger partial charge in [-0.2, -0.15) is 19.0 Å². The monoisotopic (exact) mass is 553 g/mol. The Morgan fingerprint density at radius 2 is 1.63 bits per heavy atom. The zero-order valence-electron chi connectivity index (χ0n) is 20.5. The molecule has 0 N–H and O–H groups in total. The number of thioether (sulfide) groups is 1. The van der Waals surface area contributed by atoms with Crippen LogP contribution in [0.4, 0.5) is 8.78 Å². The van der Waals surface area contributed by atoms with Crippen molar-refractivity contribution in [1.82, 2.24) is 4.90 Å². The number of hydrogen-bond donors (Lipinski definition) is 0. The highest BCUT2D eigenvalue weighted by Gasteiger charge is 2.25. The molecule has 0 atom stereocenters. The van der Waals surface area contributed by atoms with Gasteiger partial charge in [-0.25, -0.2) is 0 Å². The molecule has 3 aromatic rings. The van der Waals surface area contributed by atoms with E-state index in [1.165, 1.54) is 11.3 Å². The topological polar surface area (TPSA) is 50.3 Å².